The van der Waals surface area contributed by atoms with Crippen LogP contribution in [-0.4, -0.2) is 17.4 Å². The first-order valence-electron chi connectivity index (χ1n) is 8.36. The van der Waals surface area contributed by atoms with Crippen LogP contribution < -0.4 is 10.4 Å². The van der Waals surface area contributed by atoms with Crippen molar-refractivity contribution >= 4 is 11.0 Å². The fourth-order valence-electron chi connectivity index (χ4n) is 3.19. The first kappa shape index (κ1) is 16.9. The highest BCUT2D eigenvalue weighted by molar-refractivity contribution is 5.92. The summed E-state index contributed by atoms with van der Waals surface area (Å²) in [6.45, 7) is 3.66. The number of hydrogen-bond acceptors (Lipinski definition) is 6. The zero-order chi connectivity index (χ0) is 19.1. The molecule has 1 N–H and O–H groups in total. The summed E-state index contributed by atoms with van der Waals surface area (Å²) < 4.78 is 15.9. The average Bonchev–Trinajstić information content (AvgIpc) is 3.02. The fraction of sp³-hybridized carbons (Fsp3) is 0.143. The normalized spacial score (nSPS) is 11.1. The standard InChI is InChI=1S/C21H17NO5/c1-11-8-19(24)26-18-10-17(23)16(9-15(11)18)21-20(12(2)22-27-21)13-4-6-14(25-3)7-5-13/h4-10,23H,1-3H3. The molecule has 0 radical (unpaired) electrons. The second-order valence-electron chi connectivity index (χ2n) is 6.31. The van der Waals surface area contributed by atoms with Crippen molar-refractivity contribution in [2.45, 2.75) is 13.8 Å². The van der Waals surface area contributed by atoms with Gasteiger partial charge >= 0.3 is 5.63 Å². The van der Waals surface area contributed by atoms with Crippen LogP contribution in [0.4, 0.5) is 0 Å². The maximum absolute atomic E-state index is 11.6. The number of aromatic nitrogens is 1. The average molecular weight is 363 g/mol. The van der Waals surface area contributed by atoms with E-state index in [0.717, 1.165) is 27.8 Å². The third-order valence-corrected chi connectivity index (χ3v) is 4.55. The predicted molar refractivity (Wildman–Crippen MR) is 101 cm³/mol. The lowest BCUT2D eigenvalue weighted by Gasteiger charge is -2.08. The molecule has 0 aliphatic heterocycles. The molecule has 0 saturated carbocycles. The number of phenolic OH excluding ortho intramolecular Hbond substituents is 1. The predicted octanol–water partition coefficient (Wildman–Crippen LogP) is 4.45. The molecule has 0 saturated heterocycles. The topological polar surface area (TPSA) is 85.7 Å². The lowest BCUT2D eigenvalue weighted by atomic mass is 9.97. The molecule has 4 rings (SSSR count). The van der Waals surface area contributed by atoms with Gasteiger partial charge in [-0.15, -0.1) is 0 Å². The Bertz CT molecular complexity index is 1200. The Morgan fingerprint density at radius 2 is 1.81 bits per heavy atom. The van der Waals surface area contributed by atoms with E-state index in [-0.39, 0.29) is 5.75 Å². The van der Waals surface area contributed by atoms with Crippen molar-refractivity contribution in [3.05, 3.63) is 64.1 Å². The number of benzene rings is 2. The highest BCUT2D eigenvalue weighted by atomic mass is 16.5. The maximum atomic E-state index is 11.6. The first-order chi connectivity index (χ1) is 13.0. The van der Waals surface area contributed by atoms with Crippen LogP contribution in [0.2, 0.25) is 0 Å². The smallest absolute Gasteiger partial charge is 0.336 e. The summed E-state index contributed by atoms with van der Waals surface area (Å²) in [5.74, 6) is 1.14. The van der Waals surface area contributed by atoms with Crippen molar-refractivity contribution in [2.24, 2.45) is 0 Å². The number of methoxy groups -OCH3 is 1. The van der Waals surface area contributed by atoms with Crippen molar-refractivity contribution in [2.75, 3.05) is 7.11 Å². The minimum Gasteiger partial charge on any atom is -0.507 e. The van der Waals surface area contributed by atoms with Gasteiger partial charge in [0.25, 0.3) is 0 Å². The van der Waals surface area contributed by atoms with Crippen LogP contribution in [0.1, 0.15) is 11.3 Å². The molecular weight excluding hydrogens is 346 g/mol. The van der Waals surface area contributed by atoms with Crippen molar-refractivity contribution in [1.82, 2.24) is 5.16 Å². The van der Waals surface area contributed by atoms with Gasteiger partial charge in [0, 0.05) is 17.5 Å². The molecule has 4 aromatic rings. The van der Waals surface area contributed by atoms with Crippen LogP contribution in [0.15, 0.2) is 56.2 Å². The molecule has 6 nitrogen and oxygen atoms in total. The molecule has 6 heteroatoms. The third-order valence-electron chi connectivity index (χ3n) is 4.55. The third kappa shape index (κ3) is 2.85. The molecule has 136 valence electrons. The van der Waals surface area contributed by atoms with Crippen LogP contribution in [0, 0.1) is 13.8 Å². The second kappa shape index (κ2) is 6.32. The number of aryl methyl sites for hydroxylation is 2. The molecule has 0 spiro atoms. The van der Waals surface area contributed by atoms with E-state index >= 15 is 0 Å². The summed E-state index contributed by atoms with van der Waals surface area (Å²) in [5.41, 5.74) is 3.47. The Morgan fingerprint density at radius 1 is 1.07 bits per heavy atom. The first-order valence-corrected chi connectivity index (χ1v) is 8.36. The summed E-state index contributed by atoms with van der Waals surface area (Å²) in [5, 5.41) is 15.3. The minimum absolute atomic E-state index is 0.0536. The van der Waals surface area contributed by atoms with Gasteiger partial charge in [0.2, 0.25) is 0 Å². The highest BCUT2D eigenvalue weighted by Crippen LogP contribution is 2.41. The van der Waals surface area contributed by atoms with Gasteiger partial charge in [0.15, 0.2) is 5.76 Å². The van der Waals surface area contributed by atoms with Crippen molar-refractivity contribution in [3.8, 4) is 33.9 Å². The quantitative estimate of drug-likeness (QED) is 0.541. The number of aromatic hydroxyl groups is 1. The molecule has 2 aromatic carbocycles. The molecule has 0 bridgehead atoms. The van der Waals surface area contributed by atoms with E-state index in [1.165, 1.54) is 12.1 Å². The lowest BCUT2D eigenvalue weighted by molar-refractivity contribution is 0.415. The summed E-state index contributed by atoms with van der Waals surface area (Å²) in [7, 11) is 1.61. The number of phenols is 1. The molecular formula is C21H17NO5. The van der Waals surface area contributed by atoms with E-state index in [4.69, 9.17) is 13.7 Å². The van der Waals surface area contributed by atoms with Crippen molar-refractivity contribution in [1.29, 1.82) is 0 Å². The van der Waals surface area contributed by atoms with E-state index in [1.807, 2.05) is 38.1 Å². The molecule has 0 amide bonds. The molecule has 0 unspecified atom stereocenters. The summed E-state index contributed by atoms with van der Waals surface area (Å²) >= 11 is 0. The number of fused-ring (bicyclic) bond motifs is 1. The van der Waals surface area contributed by atoms with Crippen LogP contribution in [0.25, 0.3) is 33.4 Å². The van der Waals surface area contributed by atoms with Crippen molar-refractivity contribution < 1.29 is 18.8 Å². The van der Waals surface area contributed by atoms with Crippen molar-refractivity contribution in [3.63, 3.8) is 0 Å². The van der Waals surface area contributed by atoms with Gasteiger partial charge in [-0.25, -0.2) is 4.79 Å². The molecule has 0 aliphatic carbocycles. The van der Waals surface area contributed by atoms with Gasteiger partial charge < -0.3 is 18.8 Å². The lowest BCUT2D eigenvalue weighted by Crippen LogP contribution is -1.98. The largest absolute Gasteiger partial charge is 0.507 e. The zero-order valence-corrected chi connectivity index (χ0v) is 15.1. The van der Waals surface area contributed by atoms with Crippen LogP contribution in [-0.2, 0) is 0 Å². The molecule has 2 aromatic heterocycles. The van der Waals surface area contributed by atoms with Gasteiger partial charge in [-0.1, -0.05) is 17.3 Å². The van der Waals surface area contributed by atoms with E-state index in [1.54, 1.807) is 13.2 Å². The fourth-order valence-corrected chi connectivity index (χ4v) is 3.19. The Balaban J connectivity index is 1.94. The van der Waals surface area contributed by atoms with E-state index in [2.05, 4.69) is 5.16 Å². The summed E-state index contributed by atoms with van der Waals surface area (Å²) in [6.07, 6.45) is 0. The van der Waals surface area contributed by atoms with Crippen LogP contribution in [0.5, 0.6) is 11.5 Å². The van der Waals surface area contributed by atoms with Gasteiger partial charge in [0.1, 0.15) is 17.1 Å². The van der Waals surface area contributed by atoms with E-state index in [9.17, 15) is 9.90 Å². The Hall–Kier alpha value is -3.54. The van der Waals surface area contributed by atoms with Gasteiger partial charge in [-0.2, -0.15) is 0 Å². The highest BCUT2D eigenvalue weighted by Gasteiger charge is 2.21. The number of rotatable bonds is 3. The Kier molecular flexibility index (Phi) is 3.96. The van der Waals surface area contributed by atoms with Crippen LogP contribution >= 0.6 is 0 Å². The zero-order valence-electron chi connectivity index (χ0n) is 15.1. The van der Waals surface area contributed by atoms with E-state index < -0.39 is 5.63 Å². The maximum Gasteiger partial charge on any atom is 0.336 e. The Morgan fingerprint density at radius 3 is 2.52 bits per heavy atom. The molecule has 0 aliphatic rings. The summed E-state index contributed by atoms with van der Waals surface area (Å²) in [4.78, 5) is 11.6. The summed E-state index contributed by atoms with van der Waals surface area (Å²) in [6, 6.07) is 12.1. The van der Waals surface area contributed by atoms with E-state index in [0.29, 0.717) is 22.6 Å². The monoisotopic (exact) mass is 363 g/mol. The van der Waals surface area contributed by atoms with Gasteiger partial charge in [0.05, 0.1) is 23.9 Å². The Labute approximate surface area is 154 Å². The minimum atomic E-state index is -0.457. The second-order valence-corrected chi connectivity index (χ2v) is 6.31. The number of hydrogen-bond donors (Lipinski definition) is 1. The SMILES string of the molecule is COc1ccc(-c2c(C)noc2-c2cc3c(C)cc(=O)oc3cc2O)cc1. The van der Waals surface area contributed by atoms with Gasteiger partial charge in [-0.3, -0.25) is 0 Å². The van der Waals surface area contributed by atoms with Gasteiger partial charge in [-0.05, 0) is 43.2 Å². The number of ether oxygens (including phenoxy) is 1. The van der Waals surface area contributed by atoms with Crippen LogP contribution in [0.3, 0.4) is 0 Å². The molecule has 27 heavy (non-hydrogen) atoms. The molecule has 0 fully saturated rings. The molecule has 2 heterocycles. The molecule has 0 atom stereocenters. The number of nitrogens with zero attached hydrogens (tertiary/aromatic N) is 1.